The highest BCUT2D eigenvalue weighted by molar-refractivity contribution is 5.47. The van der Waals surface area contributed by atoms with Gasteiger partial charge in [-0.2, -0.15) is 0 Å². The zero-order valence-corrected chi connectivity index (χ0v) is 12.1. The summed E-state index contributed by atoms with van der Waals surface area (Å²) in [5.41, 5.74) is 5.04. The highest BCUT2D eigenvalue weighted by Crippen LogP contribution is 2.36. The molecule has 2 aromatic carbocycles. The molecule has 1 atom stereocenters. The Hall–Kier alpha value is -2.79. The molecule has 3 N–H and O–H groups in total. The number of nitrogen functional groups attached to an aromatic ring is 1. The Kier molecular flexibility index (Phi) is 3.80. The zero-order valence-electron chi connectivity index (χ0n) is 12.1. The van der Waals surface area contributed by atoms with Crippen molar-refractivity contribution in [3.8, 4) is 0 Å². The molecule has 1 aromatic heterocycles. The first-order valence-electron chi connectivity index (χ1n) is 6.97. The molecule has 0 aliphatic carbocycles. The number of aliphatic hydroxyl groups is 1. The molecule has 23 heavy (non-hydrogen) atoms. The van der Waals surface area contributed by atoms with Crippen molar-refractivity contribution in [2.24, 2.45) is 0 Å². The molecule has 0 aliphatic heterocycles. The van der Waals surface area contributed by atoms with E-state index in [4.69, 9.17) is 5.73 Å². The smallest absolute Gasteiger partial charge is 0.159 e. The molecule has 1 unspecified atom stereocenters. The first-order valence-corrected chi connectivity index (χ1v) is 6.97. The van der Waals surface area contributed by atoms with Gasteiger partial charge in [0, 0.05) is 11.8 Å². The van der Waals surface area contributed by atoms with E-state index in [-0.39, 0.29) is 5.56 Å². The Morgan fingerprint density at radius 2 is 1.52 bits per heavy atom. The molecule has 3 nitrogen and oxygen atoms in total. The maximum atomic E-state index is 13.7. The van der Waals surface area contributed by atoms with Crippen LogP contribution in [0.25, 0.3) is 0 Å². The van der Waals surface area contributed by atoms with Gasteiger partial charge in [-0.1, -0.05) is 42.5 Å². The summed E-state index contributed by atoms with van der Waals surface area (Å²) in [7, 11) is 0. The van der Waals surface area contributed by atoms with E-state index in [1.807, 2.05) is 0 Å². The lowest BCUT2D eigenvalue weighted by molar-refractivity contribution is 0.125. The second kappa shape index (κ2) is 5.78. The number of aromatic nitrogens is 1. The van der Waals surface area contributed by atoms with Crippen molar-refractivity contribution >= 4 is 5.82 Å². The van der Waals surface area contributed by atoms with Crippen molar-refractivity contribution in [1.82, 2.24) is 4.98 Å². The van der Waals surface area contributed by atoms with E-state index in [0.29, 0.717) is 16.9 Å². The molecule has 3 aromatic rings. The molecule has 0 spiro atoms. The second-order valence-corrected chi connectivity index (χ2v) is 5.18. The van der Waals surface area contributed by atoms with Crippen LogP contribution in [0.3, 0.4) is 0 Å². The van der Waals surface area contributed by atoms with Gasteiger partial charge >= 0.3 is 0 Å². The fourth-order valence-electron chi connectivity index (χ4n) is 2.52. The van der Waals surface area contributed by atoms with E-state index < -0.39 is 17.2 Å². The van der Waals surface area contributed by atoms with Crippen molar-refractivity contribution in [2.45, 2.75) is 5.60 Å². The third-order valence-corrected chi connectivity index (χ3v) is 3.73. The molecular formula is C18H14F2N2O. The third-order valence-electron chi connectivity index (χ3n) is 3.73. The number of anilines is 1. The minimum atomic E-state index is -1.67. The van der Waals surface area contributed by atoms with Crippen molar-refractivity contribution in [2.75, 3.05) is 5.73 Å². The van der Waals surface area contributed by atoms with Crippen LogP contribution < -0.4 is 5.73 Å². The maximum Gasteiger partial charge on any atom is 0.159 e. The van der Waals surface area contributed by atoms with Gasteiger partial charge in [0.2, 0.25) is 0 Å². The number of nitrogens with two attached hydrogens (primary N) is 1. The zero-order chi connectivity index (χ0) is 16.4. The van der Waals surface area contributed by atoms with Crippen LogP contribution in [0.1, 0.15) is 16.7 Å². The Morgan fingerprint density at radius 1 is 0.826 bits per heavy atom. The number of halogens is 2. The summed E-state index contributed by atoms with van der Waals surface area (Å²) in [5.74, 6) is -1.70. The number of hydrogen-bond acceptors (Lipinski definition) is 3. The molecule has 3 rings (SSSR count). The second-order valence-electron chi connectivity index (χ2n) is 5.18. The van der Waals surface area contributed by atoms with Crippen molar-refractivity contribution < 1.29 is 13.9 Å². The van der Waals surface area contributed by atoms with E-state index in [1.54, 1.807) is 42.5 Å². The first kappa shape index (κ1) is 15.1. The van der Waals surface area contributed by atoms with Gasteiger partial charge in [0.15, 0.2) is 11.6 Å². The Labute approximate surface area is 132 Å². The molecule has 1 heterocycles. The summed E-state index contributed by atoms with van der Waals surface area (Å²) in [6.07, 6.45) is 1.42. The Bertz CT molecular complexity index is 822. The monoisotopic (exact) mass is 312 g/mol. The summed E-state index contributed by atoms with van der Waals surface area (Å²) < 4.78 is 26.9. The van der Waals surface area contributed by atoms with Gasteiger partial charge in [-0.3, -0.25) is 0 Å². The summed E-state index contributed by atoms with van der Waals surface area (Å²) in [6, 6.07) is 15.2. The predicted octanol–water partition coefficient (Wildman–Crippen LogP) is 3.23. The molecular weight excluding hydrogens is 298 g/mol. The molecule has 0 radical (unpaired) electrons. The SMILES string of the molecule is Nc1ccc(C(O)(c2ccccc2)c2ccc(F)c(F)c2)cn1. The summed E-state index contributed by atoms with van der Waals surface area (Å²) >= 11 is 0. The van der Waals surface area contributed by atoms with E-state index in [0.717, 1.165) is 12.1 Å². The molecule has 0 aliphatic rings. The molecule has 116 valence electrons. The topological polar surface area (TPSA) is 59.1 Å². The van der Waals surface area contributed by atoms with Gasteiger partial charge in [0.25, 0.3) is 0 Å². The summed E-state index contributed by atoms with van der Waals surface area (Å²) in [4.78, 5) is 3.99. The fraction of sp³-hybridized carbons (Fsp3) is 0.0556. The fourth-order valence-corrected chi connectivity index (χ4v) is 2.52. The number of pyridine rings is 1. The Morgan fingerprint density at radius 3 is 2.13 bits per heavy atom. The van der Waals surface area contributed by atoms with E-state index in [1.165, 1.54) is 12.3 Å². The lowest BCUT2D eigenvalue weighted by Gasteiger charge is -2.30. The van der Waals surface area contributed by atoms with Crippen LogP contribution in [-0.4, -0.2) is 10.1 Å². The minimum Gasteiger partial charge on any atom is -0.384 e. The molecule has 0 saturated carbocycles. The van der Waals surface area contributed by atoms with Crippen LogP contribution >= 0.6 is 0 Å². The minimum absolute atomic E-state index is 0.203. The van der Waals surface area contributed by atoms with Crippen LogP contribution in [0.4, 0.5) is 14.6 Å². The average molecular weight is 312 g/mol. The van der Waals surface area contributed by atoms with Gasteiger partial charge in [0.05, 0.1) is 0 Å². The third kappa shape index (κ3) is 2.66. The molecule has 5 heteroatoms. The lowest BCUT2D eigenvalue weighted by Crippen LogP contribution is -2.29. The lowest BCUT2D eigenvalue weighted by atomic mass is 9.81. The van der Waals surface area contributed by atoms with Gasteiger partial charge in [-0.25, -0.2) is 13.8 Å². The van der Waals surface area contributed by atoms with Crippen LogP contribution in [0.2, 0.25) is 0 Å². The van der Waals surface area contributed by atoms with E-state index in [2.05, 4.69) is 4.98 Å². The summed E-state index contributed by atoms with van der Waals surface area (Å²) in [6.45, 7) is 0. The average Bonchev–Trinajstić information content (AvgIpc) is 2.58. The van der Waals surface area contributed by atoms with Crippen LogP contribution in [0, 0.1) is 11.6 Å². The van der Waals surface area contributed by atoms with Crippen LogP contribution in [0.5, 0.6) is 0 Å². The molecule has 0 saturated heterocycles. The highest BCUT2D eigenvalue weighted by atomic mass is 19.2. The predicted molar refractivity (Wildman–Crippen MR) is 83.6 cm³/mol. The standard InChI is InChI=1S/C18H14F2N2O/c19-15-8-6-13(10-16(15)20)18(23,12-4-2-1-3-5-12)14-7-9-17(21)22-11-14/h1-11,23H,(H2,21,22). The van der Waals surface area contributed by atoms with Gasteiger partial charge in [-0.05, 0) is 29.3 Å². The van der Waals surface area contributed by atoms with Gasteiger partial charge in [0.1, 0.15) is 11.4 Å². The maximum absolute atomic E-state index is 13.7. The highest BCUT2D eigenvalue weighted by Gasteiger charge is 2.34. The van der Waals surface area contributed by atoms with Gasteiger partial charge in [-0.15, -0.1) is 0 Å². The molecule has 0 fully saturated rings. The van der Waals surface area contributed by atoms with Crippen molar-refractivity contribution in [3.05, 3.63) is 95.2 Å². The van der Waals surface area contributed by atoms with Crippen LogP contribution in [-0.2, 0) is 5.60 Å². The molecule has 0 bridgehead atoms. The van der Waals surface area contributed by atoms with Crippen molar-refractivity contribution in [1.29, 1.82) is 0 Å². The van der Waals surface area contributed by atoms with E-state index in [9.17, 15) is 13.9 Å². The normalized spacial score (nSPS) is 13.5. The van der Waals surface area contributed by atoms with Crippen molar-refractivity contribution in [3.63, 3.8) is 0 Å². The number of hydrogen-bond donors (Lipinski definition) is 2. The Balaban J connectivity index is 2.25. The number of rotatable bonds is 3. The van der Waals surface area contributed by atoms with Crippen LogP contribution in [0.15, 0.2) is 66.9 Å². The largest absolute Gasteiger partial charge is 0.384 e. The quantitative estimate of drug-likeness (QED) is 0.780. The molecule has 0 amide bonds. The summed E-state index contributed by atoms with van der Waals surface area (Å²) in [5, 5.41) is 11.4. The van der Waals surface area contributed by atoms with Gasteiger partial charge < -0.3 is 10.8 Å². The first-order chi connectivity index (χ1) is 11.0. The number of nitrogens with zero attached hydrogens (tertiary/aromatic N) is 1. The van der Waals surface area contributed by atoms with E-state index >= 15 is 0 Å². The number of benzene rings is 2.